The standard InChI is InChI=1S/C26H28N2O5/c29-24(28-14-6-13-22(28)25(30)31)23(16-7-5-8-16)27-26(32)33-15-21-19-11-3-1-9-17(19)18-10-2-4-12-20(18)21/h1-4,9-12,16,21-23H,5-8,13-15H2,(H,27,32)(H,30,31). The molecule has 33 heavy (non-hydrogen) atoms. The summed E-state index contributed by atoms with van der Waals surface area (Å²) in [5.74, 6) is -1.34. The summed E-state index contributed by atoms with van der Waals surface area (Å²) in [4.78, 5) is 39.0. The summed E-state index contributed by atoms with van der Waals surface area (Å²) in [6, 6.07) is 14.7. The van der Waals surface area contributed by atoms with Crippen molar-refractivity contribution in [2.24, 2.45) is 5.92 Å². The smallest absolute Gasteiger partial charge is 0.407 e. The first kappa shape index (κ1) is 21.5. The number of benzene rings is 2. The molecule has 0 radical (unpaired) electrons. The van der Waals surface area contributed by atoms with Crippen molar-refractivity contribution >= 4 is 18.0 Å². The van der Waals surface area contributed by atoms with E-state index < -0.39 is 24.1 Å². The maximum Gasteiger partial charge on any atom is 0.407 e. The van der Waals surface area contributed by atoms with Crippen LogP contribution in [0.25, 0.3) is 11.1 Å². The topological polar surface area (TPSA) is 95.9 Å². The second-order valence-corrected chi connectivity index (χ2v) is 9.17. The average Bonchev–Trinajstić information content (AvgIpc) is 3.39. The van der Waals surface area contributed by atoms with Gasteiger partial charge >= 0.3 is 12.1 Å². The highest BCUT2D eigenvalue weighted by Crippen LogP contribution is 2.44. The molecule has 2 unspecified atom stereocenters. The van der Waals surface area contributed by atoms with Gasteiger partial charge in [0.15, 0.2) is 0 Å². The molecule has 2 aliphatic carbocycles. The van der Waals surface area contributed by atoms with E-state index in [0.29, 0.717) is 19.4 Å². The predicted octanol–water partition coefficient (Wildman–Crippen LogP) is 3.77. The van der Waals surface area contributed by atoms with E-state index in [1.807, 2.05) is 24.3 Å². The summed E-state index contributed by atoms with van der Waals surface area (Å²) < 4.78 is 5.64. The van der Waals surface area contributed by atoms with Crippen LogP contribution < -0.4 is 5.32 Å². The number of hydrogen-bond acceptors (Lipinski definition) is 4. The lowest BCUT2D eigenvalue weighted by Gasteiger charge is -2.36. The first-order chi connectivity index (χ1) is 16.0. The average molecular weight is 449 g/mol. The molecule has 7 heteroatoms. The zero-order valence-electron chi connectivity index (χ0n) is 18.4. The maximum absolute atomic E-state index is 13.2. The third-order valence-electron chi connectivity index (χ3n) is 7.33. The van der Waals surface area contributed by atoms with Crippen LogP contribution in [0.4, 0.5) is 4.79 Å². The van der Waals surface area contributed by atoms with Gasteiger partial charge < -0.3 is 20.1 Å². The summed E-state index contributed by atoms with van der Waals surface area (Å²) in [5.41, 5.74) is 4.55. The summed E-state index contributed by atoms with van der Waals surface area (Å²) in [6.07, 6.45) is 3.16. The van der Waals surface area contributed by atoms with E-state index in [4.69, 9.17) is 4.74 Å². The number of aliphatic carboxylic acids is 1. The molecule has 2 fully saturated rings. The van der Waals surface area contributed by atoms with Crippen LogP contribution in [0.5, 0.6) is 0 Å². The molecule has 2 aromatic rings. The number of carboxylic acid groups (broad SMARTS) is 1. The number of rotatable bonds is 6. The molecular formula is C26H28N2O5. The van der Waals surface area contributed by atoms with Crippen LogP contribution in [0.3, 0.4) is 0 Å². The molecule has 0 aromatic heterocycles. The van der Waals surface area contributed by atoms with Crippen LogP contribution in [-0.4, -0.2) is 53.2 Å². The summed E-state index contributed by atoms with van der Waals surface area (Å²) in [6.45, 7) is 0.582. The lowest BCUT2D eigenvalue weighted by Crippen LogP contribution is -2.56. The van der Waals surface area contributed by atoms with Crippen molar-refractivity contribution in [3.05, 3.63) is 59.7 Å². The van der Waals surface area contributed by atoms with Gasteiger partial charge in [-0.15, -0.1) is 0 Å². The van der Waals surface area contributed by atoms with Gasteiger partial charge in [-0.1, -0.05) is 55.0 Å². The van der Waals surface area contributed by atoms with E-state index >= 15 is 0 Å². The number of alkyl carbamates (subject to hydrolysis) is 1. The number of ether oxygens (including phenoxy) is 1. The fourth-order valence-electron chi connectivity index (χ4n) is 5.39. The van der Waals surface area contributed by atoms with Crippen molar-refractivity contribution in [3.63, 3.8) is 0 Å². The molecule has 1 heterocycles. The third-order valence-corrected chi connectivity index (χ3v) is 7.33. The highest BCUT2D eigenvalue weighted by Gasteiger charge is 2.42. The monoisotopic (exact) mass is 448 g/mol. The van der Waals surface area contributed by atoms with Crippen LogP contribution in [0.15, 0.2) is 48.5 Å². The summed E-state index contributed by atoms with van der Waals surface area (Å²) in [7, 11) is 0. The Labute approximate surface area is 192 Å². The number of carbonyl (C=O) groups is 3. The van der Waals surface area contributed by atoms with Gasteiger partial charge in [0, 0.05) is 12.5 Å². The second kappa shape index (κ2) is 8.89. The SMILES string of the molecule is O=C(NC(C(=O)N1CCCC1C(=O)O)C1CCC1)OCC1c2ccccc2-c2ccccc21. The number of carbonyl (C=O) groups excluding carboxylic acids is 2. The van der Waals surface area contributed by atoms with Crippen molar-refractivity contribution in [2.45, 2.75) is 50.1 Å². The van der Waals surface area contributed by atoms with E-state index in [2.05, 4.69) is 29.6 Å². The molecule has 0 bridgehead atoms. The van der Waals surface area contributed by atoms with Gasteiger partial charge in [-0.25, -0.2) is 9.59 Å². The minimum Gasteiger partial charge on any atom is -0.480 e. The highest BCUT2D eigenvalue weighted by molar-refractivity contribution is 5.90. The molecule has 3 aliphatic rings. The minimum atomic E-state index is -0.991. The van der Waals surface area contributed by atoms with Crippen LogP contribution in [0.2, 0.25) is 0 Å². The summed E-state index contributed by atoms with van der Waals surface area (Å²) >= 11 is 0. The van der Waals surface area contributed by atoms with Crippen LogP contribution in [-0.2, 0) is 14.3 Å². The number of fused-ring (bicyclic) bond motifs is 3. The first-order valence-corrected chi connectivity index (χ1v) is 11.7. The van der Waals surface area contributed by atoms with Crippen molar-refractivity contribution in [2.75, 3.05) is 13.2 Å². The largest absolute Gasteiger partial charge is 0.480 e. The Morgan fingerprint density at radius 2 is 1.61 bits per heavy atom. The van der Waals surface area contributed by atoms with Gasteiger partial charge in [-0.05, 0) is 53.9 Å². The quantitative estimate of drug-likeness (QED) is 0.701. The van der Waals surface area contributed by atoms with Crippen LogP contribution in [0, 0.1) is 5.92 Å². The number of nitrogens with zero attached hydrogens (tertiary/aromatic N) is 1. The predicted molar refractivity (Wildman–Crippen MR) is 122 cm³/mol. The normalized spacial score (nSPS) is 20.5. The minimum absolute atomic E-state index is 0.0213. The zero-order chi connectivity index (χ0) is 22.9. The fraction of sp³-hybridized carbons (Fsp3) is 0.423. The highest BCUT2D eigenvalue weighted by atomic mass is 16.5. The van der Waals surface area contributed by atoms with Crippen molar-refractivity contribution in [3.8, 4) is 11.1 Å². The van der Waals surface area contributed by atoms with Crippen LogP contribution in [0.1, 0.15) is 49.1 Å². The lowest BCUT2D eigenvalue weighted by atomic mass is 9.79. The van der Waals surface area contributed by atoms with Gasteiger partial charge in [-0.3, -0.25) is 4.79 Å². The third kappa shape index (κ3) is 3.96. The Bertz CT molecular complexity index is 1030. The Hall–Kier alpha value is -3.35. The number of carboxylic acids is 1. The number of hydrogen-bond donors (Lipinski definition) is 2. The molecule has 7 nitrogen and oxygen atoms in total. The molecule has 1 saturated carbocycles. The zero-order valence-corrected chi connectivity index (χ0v) is 18.4. The number of likely N-dealkylation sites (tertiary alicyclic amines) is 1. The molecule has 0 spiro atoms. The number of amides is 2. The fourth-order valence-corrected chi connectivity index (χ4v) is 5.39. The van der Waals surface area contributed by atoms with Gasteiger partial charge in [-0.2, -0.15) is 0 Å². The Kier molecular flexibility index (Phi) is 5.79. The molecule has 2 amide bonds. The molecule has 2 aromatic carbocycles. The van der Waals surface area contributed by atoms with E-state index in [0.717, 1.165) is 41.5 Å². The van der Waals surface area contributed by atoms with E-state index in [1.54, 1.807) is 0 Å². The van der Waals surface area contributed by atoms with Gasteiger partial charge in [0.05, 0.1) is 0 Å². The Balaban J connectivity index is 1.28. The maximum atomic E-state index is 13.2. The molecule has 1 aliphatic heterocycles. The van der Waals surface area contributed by atoms with E-state index in [9.17, 15) is 19.5 Å². The van der Waals surface area contributed by atoms with E-state index in [1.165, 1.54) is 4.90 Å². The summed E-state index contributed by atoms with van der Waals surface area (Å²) in [5, 5.41) is 12.2. The molecule has 172 valence electrons. The molecular weight excluding hydrogens is 420 g/mol. The van der Waals surface area contributed by atoms with Crippen molar-refractivity contribution < 1.29 is 24.2 Å². The van der Waals surface area contributed by atoms with Crippen LogP contribution >= 0.6 is 0 Å². The molecule has 2 atom stereocenters. The Morgan fingerprint density at radius 1 is 0.970 bits per heavy atom. The second-order valence-electron chi connectivity index (χ2n) is 9.17. The van der Waals surface area contributed by atoms with Gasteiger partial charge in [0.1, 0.15) is 18.7 Å². The first-order valence-electron chi connectivity index (χ1n) is 11.7. The Morgan fingerprint density at radius 3 is 2.18 bits per heavy atom. The molecule has 1 saturated heterocycles. The number of nitrogens with one attached hydrogen (secondary N) is 1. The lowest BCUT2D eigenvalue weighted by molar-refractivity contribution is -0.149. The van der Waals surface area contributed by atoms with Gasteiger partial charge in [0.25, 0.3) is 0 Å². The molecule has 5 rings (SSSR count). The van der Waals surface area contributed by atoms with E-state index in [-0.39, 0.29) is 24.3 Å². The van der Waals surface area contributed by atoms with Crippen molar-refractivity contribution in [1.29, 1.82) is 0 Å². The van der Waals surface area contributed by atoms with Crippen molar-refractivity contribution in [1.82, 2.24) is 10.2 Å². The van der Waals surface area contributed by atoms with Gasteiger partial charge in [0.2, 0.25) is 5.91 Å². The molecule has 2 N–H and O–H groups in total.